The Morgan fingerprint density at radius 2 is 1.81 bits per heavy atom. The molecular weight excluding hydrogens is 286 g/mol. The van der Waals surface area contributed by atoms with Gasteiger partial charge >= 0.3 is 0 Å². The van der Waals surface area contributed by atoms with Crippen molar-refractivity contribution >= 4 is 17.6 Å². The monoisotopic (exact) mass is 305 g/mol. The van der Waals surface area contributed by atoms with Crippen molar-refractivity contribution in [1.29, 1.82) is 0 Å². The van der Waals surface area contributed by atoms with Crippen LogP contribution in [0.1, 0.15) is 36.1 Å². The minimum atomic E-state index is -0.0623. The fourth-order valence-corrected chi connectivity index (χ4v) is 2.77. The molecule has 0 spiro atoms. The average molecular weight is 305 g/mol. The summed E-state index contributed by atoms with van der Waals surface area (Å²) in [5, 5.41) is 2.29. The Bertz CT molecular complexity index is 656. The Morgan fingerprint density at radius 1 is 1.14 bits per heavy atom. The van der Waals surface area contributed by atoms with E-state index in [0.717, 1.165) is 34.6 Å². The van der Waals surface area contributed by atoms with Crippen LogP contribution in [0.5, 0.6) is 11.5 Å². The Kier molecular flexibility index (Phi) is 4.32. The maximum absolute atomic E-state index is 10.8. The largest absolute Gasteiger partial charge is 0.496 e. The van der Waals surface area contributed by atoms with Crippen molar-refractivity contribution in [3.63, 3.8) is 0 Å². The quantitative estimate of drug-likeness (QED) is 0.803. The molecule has 0 atom stereocenters. The molecule has 112 valence electrons. The van der Waals surface area contributed by atoms with Gasteiger partial charge in [0.2, 0.25) is 0 Å². The number of rotatable bonds is 4. The van der Waals surface area contributed by atoms with Crippen molar-refractivity contribution in [2.75, 3.05) is 14.2 Å². The first-order valence-corrected chi connectivity index (χ1v) is 7.46. The van der Waals surface area contributed by atoms with Crippen LogP contribution in [-0.4, -0.2) is 25.5 Å². The molecule has 4 nitrogen and oxygen atoms in total. The van der Waals surface area contributed by atoms with E-state index < -0.39 is 0 Å². The van der Waals surface area contributed by atoms with E-state index in [1.165, 1.54) is 11.3 Å². The number of carbonyl (C=O) groups is 1. The zero-order chi connectivity index (χ0) is 15.6. The van der Waals surface area contributed by atoms with Gasteiger partial charge in [0.05, 0.1) is 19.9 Å². The molecule has 0 aliphatic carbocycles. The first kappa shape index (κ1) is 15.5. The van der Waals surface area contributed by atoms with Gasteiger partial charge in [-0.05, 0) is 17.5 Å². The highest BCUT2D eigenvalue weighted by atomic mass is 32.1. The molecule has 2 rings (SSSR count). The van der Waals surface area contributed by atoms with Gasteiger partial charge in [-0.1, -0.05) is 20.8 Å². The molecule has 0 aliphatic heterocycles. The number of carbonyl (C=O) groups excluding carboxylic acids is 1. The van der Waals surface area contributed by atoms with E-state index in [9.17, 15) is 4.79 Å². The second-order valence-corrected chi connectivity index (χ2v) is 6.58. The molecule has 5 heteroatoms. The van der Waals surface area contributed by atoms with Crippen molar-refractivity contribution in [2.45, 2.75) is 26.2 Å². The zero-order valence-corrected chi connectivity index (χ0v) is 13.7. The second kappa shape index (κ2) is 5.85. The van der Waals surface area contributed by atoms with Crippen LogP contribution in [0.3, 0.4) is 0 Å². The topological polar surface area (TPSA) is 48.4 Å². The number of methoxy groups -OCH3 is 2. The molecule has 2 aromatic rings. The lowest BCUT2D eigenvalue weighted by Gasteiger charge is -2.23. The Balaban J connectivity index is 2.63. The first-order chi connectivity index (χ1) is 9.90. The molecule has 0 radical (unpaired) electrons. The highest BCUT2D eigenvalue weighted by Gasteiger charge is 2.23. The summed E-state index contributed by atoms with van der Waals surface area (Å²) < 4.78 is 11.0. The summed E-state index contributed by atoms with van der Waals surface area (Å²) in [6, 6.07) is 3.90. The molecule has 0 aliphatic rings. The Labute approximate surface area is 128 Å². The molecule has 0 saturated carbocycles. The lowest BCUT2D eigenvalue weighted by atomic mass is 9.85. The first-order valence-electron chi connectivity index (χ1n) is 6.58. The lowest BCUT2D eigenvalue weighted by Crippen LogP contribution is -2.13. The van der Waals surface area contributed by atoms with E-state index in [-0.39, 0.29) is 5.41 Å². The number of aldehydes is 1. The minimum Gasteiger partial charge on any atom is -0.496 e. The third kappa shape index (κ3) is 3.08. The van der Waals surface area contributed by atoms with Crippen LogP contribution in [-0.2, 0) is 5.41 Å². The summed E-state index contributed by atoms with van der Waals surface area (Å²) in [4.78, 5) is 15.1. The molecular formula is C16H19NO3S. The third-order valence-corrected chi connectivity index (χ3v) is 4.00. The van der Waals surface area contributed by atoms with Crippen LogP contribution in [0.25, 0.3) is 11.3 Å². The molecule has 1 aromatic heterocycles. The van der Waals surface area contributed by atoms with E-state index >= 15 is 0 Å². The Morgan fingerprint density at radius 3 is 2.29 bits per heavy atom. The molecule has 0 bridgehead atoms. The summed E-state index contributed by atoms with van der Waals surface area (Å²) in [7, 11) is 3.28. The van der Waals surface area contributed by atoms with Gasteiger partial charge in [0.15, 0.2) is 11.3 Å². The van der Waals surface area contributed by atoms with E-state index in [0.29, 0.717) is 5.01 Å². The van der Waals surface area contributed by atoms with Crippen molar-refractivity contribution in [2.24, 2.45) is 0 Å². The van der Waals surface area contributed by atoms with Gasteiger partial charge < -0.3 is 9.47 Å². The molecule has 0 N–H and O–H groups in total. The number of nitrogens with zero attached hydrogens (tertiary/aromatic N) is 1. The van der Waals surface area contributed by atoms with E-state index in [1.807, 2.05) is 17.5 Å². The minimum absolute atomic E-state index is 0.0623. The van der Waals surface area contributed by atoms with E-state index in [2.05, 4.69) is 25.8 Å². The van der Waals surface area contributed by atoms with Crippen LogP contribution in [0, 0.1) is 0 Å². The predicted octanol–water partition coefficient (Wildman–Crippen LogP) is 3.94. The van der Waals surface area contributed by atoms with Crippen LogP contribution < -0.4 is 9.47 Å². The number of ether oxygens (including phenoxy) is 2. The van der Waals surface area contributed by atoms with Crippen molar-refractivity contribution in [1.82, 2.24) is 4.98 Å². The van der Waals surface area contributed by atoms with Crippen molar-refractivity contribution in [3.05, 3.63) is 28.1 Å². The number of thiazole rings is 1. The molecule has 0 amide bonds. The highest BCUT2D eigenvalue weighted by Crippen LogP contribution is 2.40. The molecule has 0 unspecified atom stereocenters. The highest BCUT2D eigenvalue weighted by molar-refractivity contribution is 7.11. The van der Waals surface area contributed by atoms with Crippen LogP contribution in [0.15, 0.2) is 17.5 Å². The van der Waals surface area contributed by atoms with Gasteiger partial charge in [-0.15, -0.1) is 11.3 Å². The number of hydrogen-bond acceptors (Lipinski definition) is 5. The SMILES string of the molecule is COc1cc(C(C)(C)C)c(OC)cc1-c1csc(C=O)n1. The zero-order valence-electron chi connectivity index (χ0n) is 12.9. The van der Waals surface area contributed by atoms with Gasteiger partial charge in [0.25, 0.3) is 0 Å². The summed E-state index contributed by atoms with van der Waals surface area (Å²) >= 11 is 1.31. The van der Waals surface area contributed by atoms with Gasteiger partial charge in [0.1, 0.15) is 11.5 Å². The average Bonchev–Trinajstić information content (AvgIpc) is 2.93. The predicted molar refractivity (Wildman–Crippen MR) is 84.7 cm³/mol. The summed E-state index contributed by atoms with van der Waals surface area (Å²) in [6.45, 7) is 6.37. The molecule has 1 heterocycles. The smallest absolute Gasteiger partial charge is 0.178 e. The van der Waals surface area contributed by atoms with E-state index in [1.54, 1.807) is 14.2 Å². The summed E-state index contributed by atoms with van der Waals surface area (Å²) in [5.41, 5.74) is 2.55. The van der Waals surface area contributed by atoms with Crippen LogP contribution in [0.2, 0.25) is 0 Å². The molecule has 0 fully saturated rings. The fourth-order valence-electron chi connectivity index (χ4n) is 2.15. The number of aromatic nitrogens is 1. The maximum Gasteiger partial charge on any atom is 0.178 e. The number of benzene rings is 1. The normalized spacial score (nSPS) is 11.3. The second-order valence-electron chi connectivity index (χ2n) is 5.69. The van der Waals surface area contributed by atoms with Gasteiger partial charge in [0, 0.05) is 16.5 Å². The standard InChI is InChI=1S/C16H19NO3S/c1-16(2,3)11-7-13(19-4)10(6-14(11)20-5)12-9-21-15(8-18)17-12/h6-9H,1-5H3. The van der Waals surface area contributed by atoms with E-state index in [4.69, 9.17) is 9.47 Å². The van der Waals surface area contributed by atoms with Crippen molar-refractivity contribution in [3.8, 4) is 22.8 Å². The molecule has 21 heavy (non-hydrogen) atoms. The Hall–Kier alpha value is -1.88. The van der Waals surface area contributed by atoms with Gasteiger partial charge in [-0.25, -0.2) is 4.98 Å². The fraction of sp³-hybridized carbons (Fsp3) is 0.375. The molecule has 1 aromatic carbocycles. The third-order valence-electron chi connectivity index (χ3n) is 3.23. The number of hydrogen-bond donors (Lipinski definition) is 0. The van der Waals surface area contributed by atoms with Gasteiger partial charge in [-0.2, -0.15) is 0 Å². The summed E-state index contributed by atoms with van der Waals surface area (Å²) in [6.07, 6.45) is 0.751. The summed E-state index contributed by atoms with van der Waals surface area (Å²) in [5.74, 6) is 1.52. The lowest BCUT2D eigenvalue weighted by molar-refractivity contribution is 0.112. The van der Waals surface area contributed by atoms with Gasteiger partial charge in [-0.3, -0.25) is 4.79 Å². The van der Waals surface area contributed by atoms with Crippen LogP contribution >= 0.6 is 11.3 Å². The van der Waals surface area contributed by atoms with Crippen molar-refractivity contribution < 1.29 is 14.3 Å². The molecule has 0 saturated heterocycles. The van der Waals surface area contributed by atoms with Crippen LogP contribution in [0.4, 0.5) is 0 Å². The maximum atomic E-state index is 10.8.